The highest BCUT2D eigenvalue weighted by atomic mass is 35.5. The zero-order valence-corrected chi connectivity index (χ0v) is 12.2. The third-order valence-corrected chi connectivity index (χ3v) is 3.78. The molecule has 92 valence electrons. The van der Waals surface area contributed by atoms with E-state index in [2.05, 4.69) is 11.2 Å². The number of benzene rings is 1. The van der Waals surface area contributed by atoms with Crippen LogP contribution in [0.5, 0.6) is 0 Å². The Balaban J connectivity index is 3.03. The van der Waals surface area contributed by atoms with E-state index in [1.54, 1.807) is 6.07 Å². The van der Waals surface area contributed by atoms with Crippen LogP contribution in [0.25, 0.3) is 0 Å². The van der Waals surface area contributed by atoms with Gasteiger partial charge in [-0.25, -0.2) is 0 Å². The van der Waals surface area contributed by atoms with Gasteiger partial charge in [0.15, 0.2) is 0 Å². The van der Waals surface area contributed by atoms with Crippen LogP contribution >= 0.6 is 34.8 Å². The second-order valence-corrected chi connectivity index (χ2v) is 5.56. The molecule has 1 aromatic carbocycles. The van der Waals surface area contributed by atoms with Crippen LogP contribution in [0.4, 0.5) is 0 Å². The number of hydrogen-bond donors (Lipinski definition) is 1. The van der Waals surface area contributed by atoms with E-state index in [0.717, 1.165) is 5.56 Å². The molecule has 0 radical (unpaired) electrons. The van der Waals surface area contributed by atoms with Crippen molar-refractivity contribution in [3.63, 3.8) is 0 Å². The maximum absolute atomic E-state index is 6.16. The summed E-state index contributed by atoms with van der Waals surface area (Å²) in [5.74, 6) is 2.67. The SMILES string of the molecule is C#CC(C)(C)NC(C)c1ccc(Cl)c(Cl)c1Cl. The van der Waals surface area contributed by atoms with Crippen molar-refractivity contribution in [2.45, 2.75) is 32.4 Å². The average Bonchev–Trinajstić information content (AvgIpc) is 2.25. The maximum atomic E-state index is 6.16. The molecular weight excluding hydrogens is 277 g/mol. The van der Waals surface area contributed by atoms with Crippen molar-refractivity contribution in [1.82, 2.24) is 5.32 Å². The smallest absolute Gasteiger partial charge is 0.0781 e. The minimum absolute atomic E-state index is 0.0108. The van der Waals surface area contributed by atoms with E-state index < -0.39 is 5.54 Å². The predicted octanol–water partition coefficient (Wildman–Crippen LogP) is 4.71. The molecule has 0 saturated heterocycles. The number of hydrogen-bond acceptors (Lipinski definition) is 1. The van der Waals surface area contributed by atoms with Crippen LogP contribution in [0, 0.1) is 12.3 Å². The Labute approximate surface area is 117 Å². The summed E-state index contributed by atoms with van der Waals surface area (Å²) in [4.78, 5) is 0. The average molecular weight is 291 g/mol. The molecule has 1 rings (SSSR count). The van der Waals surface area contributed by atoms with Gasteiger partial charge in [-0.1, -0.05) is 46.8 Å². The van der Waals surface area contributed by atoms with Crippen molar-refractivity contribution in [1.29, 1.82) is 0 Å². The van der Waals surface area contributed by atoms with Gasteiger partial charge in [-0.15, -0.1) is 6.42 Å². The number of rotatable bonds is 3. The summed E-state index contributed by atoms with van der Waals surface area (Å²) in [7, 11) is 0. The largest absolute Gasteiger partial charge is 0.295 e. The molecular formula is C13H14Cl3N. The second kappa shape index (κ2) is 5.50. The van der Waals surface area contributed by atoms with E-state index in [4.69, 9.17) is 41.2 Å². The van der Waals surface area contributed by atoms with Crippen LogP contribution in [0.1, 0.15) is 32.4 Å². The molecule has 1 unspecified atom stereocenters. The Morgan fingerprint density at radius 3 is 2.35 bits per heavy atom. The van der Waals surface area contributed by atoms with Crippen LogP contribution in [0.15, 0.2) is 12.1 Å². The number of nitrogens with one attached hydrogen (secondary N) is 1. The first-order chi connectivity index (χ1) is 7.78. The summed E-state index contributed by atoms with van der Waals surface area (Å²) in [5.41, 5.74) is 0.471. The highest BCUT2D eigenvalue weighted by Gasteiger charge is 2.20. The van der Waals surface area contributed by atoms with Gasteiger partial charge in [0, 0.05) is 6.04 Å². The minimum atomic E-state index is -0.408. The quantitative estimate of drug-likeness (QED) is 0.628. The molecule has 0 spiro atoms. The monoisotopic (exact) mass is 289 g/mol. The molecule has 1 N–H and O–H groups in total. The van der Waals surface area contributed by atoms with Gasteiger partial charge in [0.2, 0.25) is 0 Å². The lowest BCUT2D eigenvalue weighted by molar-refractivity contribution is 0.431. The van der Waals surface area contributed by atoms with Gasteiger partial charge in [-0.05, 0) is 32.4 Å². The van der Waals surface area contributed by atoms with Crippen LogP contribution < -0.4 is 5.32 Å². The molecule has 0 amide bonds. The third kappa shape index (κ3) is 3.53. The number of terminal acetylenes is 1. The minimum Gasteiger partial charge on any atom is -0.295 e. The van der Waals surface area contributed by atoms with E-state index in [0.29, 0.717) is 15.1 Å². The molecule has 0 saturated carbocycles. The molecule has 0 aliphatic rings. The van der Waals surface area contributed by atoms with Crippen LogP contribution in [0.3, 0.4) is 0 Å². The first kappa shape index (κ1) is 14.7. The van der Waals surface area contributed by atoms with Gasteiger partial charge < -0.3 is 0 Å². The number of halogens is 3. The molecule has 0 fully saturated rings. The summed E-state index contributed by atoms with van der Waals surface area (Å²) >= 11 is 18.0. The maximum Gasteiger partial charge on any atom is 0.0781 e. The van der Waals surface area contributed by atoms with Crippen molar-refractivity contribution >= 4 is 34.8 Å². The van der Waals surface area contributed by atoms with E-state index >= 15 is 0 Å². The topological polar surface area (TPSA) is 12.0 Å². The highest BCUT2D eigenvalue weighted by Crippen LogP contribution is 2.35. The van der Waals surface area contributed by atoms with Crippen molar-refractivity contribution in [2.24, 2.45) is 0 Å². The van der Waals surface area contributed by atoms with Crippen molar-refractivity contribution in [3.05, 3.63) is 32.8 Å². The van der Waals surface area contributed by atoms with E-state index in [1.807, 2.05) is 26.8 Å². The van der Waals surface area contributed by atoms with Crippen molar-refractivity contribution < 1.29 is 0 Å². The molecule has 4 heteroatoms. The van der Waals surface area contributed by atoms with Crippen LogP contribution in [-0.4, -0.2) is 5.54 Å². The van der Waals surface area contributed by atoms with Gasteiger partial charge in [0.05, 0.1) is 20.6 Å². The van der Waals surface area contributed by atoms with Crippen molar-refractivity contribution in [2.75, 3.05) is 0 Å². The van der Waals surface area contributed by atoms with E-state index in [9.17, 15) is 0 Å². The van der Waals surface area contributed by atoms with Gasteiger partial charge in [0.25, 0.3) is 0 Å². The summed E-state index contributed by atoms with van der Waals surface area (Å²) in [6, 6.07) is 3.57. The van der Waals surface area contributed by atoms with E-state index in [-0.39, 0.29) is 6.04 Å². The molecule has 1 nitrogen and oxygen atoms in total. The molecule has 0 aliphatic heterocycles. The van der Waals surface area contributed by atoms with Crippen LogP contribution in [0.2, 0.25) is 15.1 Å². The lowest BCUT2D eigenvalue weighted by Gasteiger charge is -2.26. The lowest BCUT2D eigenvalue weighted by Crippen LogP contribution is -2.39. The summed E-state index contributed by atoms with van der Waals surface area (Å²) in [6.07, 6.45) is 5.43. The first-order valence-electron chi connectivity index (χ1n) is 5.17. The first-order valence-corrected chi connectivity index (χ1v) is 6.30. The molecule has 17 heavy (non-hydrogen) atoms. The summed E-state index contributed by atoms with van der Waals surface area (Å²) in [5, 5.41) is 4.57. The Bertz CT molecular complexity index is 460. The molecule has 1 atom stereocenters. The molecule has 0 aliphatic carbocycles. The predicted molar refractivity (Wildman–Crippen MR) is 75.9 cm³/mol. The normalized spacial score (nSPS) is 13.2. The standard InChI is InChI=1S/C13H14Cl3N/c1-5-13(3,4)17-8(2)9-6-7-10(14)12(16)11(9)15/h1,6-8,17H,2-4H3. The fourth-order valence-electron chi connectivity index (χ4n) is 1.54. The van der Waals surface area contributed by atoms with Crippen molar-refractivity contribution in [3.8, 4) is 12.3 Å². The lowest BCUT2D eigenvalue weighted by atomic mass is 10.0. The third-order valence-electron chi connectivity index (χ3n) is 2.47. The van der Waals surface area contributed by atoms with Gasteiger partial charge in [-0.3, -0.25) is 5.32 Å². The molecule has 0 bridgehead atoms. The Morgan fingerprint density at radius 2 is 1.82 bits per heavy atom. The molecule has 0 heterocycles. The van der Waals surface area contributed by atoms with E-state index in [1.165, 1.54) is 0 Å². The van der Waals surface area contributed by atoms with Crippen LogP contribution in [-0.2, 0) is 0 Å². The summed E-state index contributed by atoms with van der Waals surface area (Å²) in [6.45, 7) is 5.83. The zero-order chi connectivity index (χ0) is 13.2. The van der Waals surface area contributed by atoms with Gasteiger partial charge in [-0.2, -0.15) is 0 Å². The second-order valence-electron chi connectivity index (χ2n) is 4.40. The Hall–Kier alpha value is -0.390. The Kier molecular flexibility index (Phi) is 4.75. The van der Waals surface area contributed by atoms with Gasteiger partial charge >= 0.3 is 0 Å². The highest BCUT2D eigenvalue weighted by molar-refractivity contribution is 6.48. The molecule has 0 aromatic heterocycles. The zero-order valence-electron chi connectivity index (χ0n) is 9.94. The molecule has 1 aromatic rings. The summed E-state index contributed by atoms with van der Waals surface area (Å²) < 4.78 is 0. The van der Waals surface area contributed by atoms with Gasteiger partial charge in [0.1, 0.15) is 0 Å². The fraction of sp³-hybridized carbons (Fsp3) is 0.385. The Morgan fingerprint density at radius 1 is 1.24 bits per heavy atom. The fourth-order valence-corrected chi connectivity index (χ4v) is 2.24.